The molecule has 2 fully saturated rings. The first-order chi connectivity index (χ1) is 8.87. The van der Waals surface area contributed by atoms with Gasteiger partial charge >= 0.3 is 0 Å². The van der Waals surface area contributed by atoms with Crippen LogP contribution in [-0.4, -0.2) is 41.8 Å². The van der Waals surface area contributed by atoms with Crippen LogP contribution in [-0.2, 0) is 14.3 Å². The Balaban J connectivity index is 2.09. The molecule has 108 valence electrons. The van der Waals surface area contributed by atoms with Gasteiger partial charge in [0.1, 0.15) is 0 Å². The van der Waals surface area contributed by atoms with Crippen LogP contribution in [0.2, 0.25) is 0 Å². The topological polar surface area (TPSA) is 46.6 Å². The lowest BCUT2D eigenvalue weighted by molar-refractivity contribution is -0.155. The Morgan fingerprint density at radius 1 is 1.16 bits per heavy atom. The van der Waals surface area contributed by atoms with Gasteiger partial charge in [-0.05, 0) is 18.3 Å². The van der Waals surface area contributed by atoms with Crippen molar-refractivity contribution in [3.63, 3.8) is 0 Å². The fourth-order valence-corrected chi connectivity index (χ4v) is 3.60. The average molecular weight is 332 g/mol. The van der Waals surface area contributed by atoms with E-state index in [4.69, 9.17) is 4.74 Å². The van der Waals surface area contributed by atoms with Crippen molar-refractivity contribution in [2.45, 2.75) is 39.5 Å². The van der Waals surface area contributed by atoms with Crippen LogP contribution in [0.4, 0.5) is 0 Å². The minimum absolute atomic E-state index is 0.00888. The maximum absolute atomic E-state index is 12.2. The molecule has 0 aromatic rings. The lowest BCUT2D eigenvalue weighted by Gasteiger charge is -2.42. The first kappa shape index (κ1) is 15.0. The summed E-state index contributed by atoms with van der Waals surface area (Å²) in [7, 11) is 0. The van der Waals surface area contributed by atoms with E-state index in [1.807, 2.05) is 13.8 Å². The van der Waals surface area contributed by atoms with E-state index in [2.05, 4.69) is 15.9 Å². The van der Waals surface area contributed by atoms with Gasteiger partial charge in [-0.15, -0.1) is 0 Å². The van der Waals surface area contributed by atoms with Gasteiger partial charge < -0.3 is 4.74 Å². The predicted octanol–water partition coefficient (Wildman–Crippen LogP) is 2.35. The molecule has 0 saturated carbocycles. The molecular formula is C14H22BrNO3. The summed E-state index contributed by atoms with van der Waals surface area (Å²) < 4.78 is 5.39. The molecule has 2 amide bonds. The highest BCUT2D eigenvalue weighted by Crippen LogP contribution is 2.37. The van der Waals surface area contributed by atoms with Crippen LogP contribution in [0.15, 0.2) is 0 Å². The number of likely N-dealkylation sites (tertiary alicyclic amines) is 1. The van der Waals surface area contributed by atoms with Crippen LogP contribution in [0, 0.1) is 10.8 Å². The molecule has 0 N–H and O–H groups in total. The first-order valence-corrected chi connectivity index (χ1v) is 7.97. The molecule has 4 nitrogen and oxygen atoms in total. The standard InChI is InChI=1S/C14H22BrNO3/c1-13(2)7-11(17)16(12(18)8-13)10-14(9-15)3-5-19-6-4-14/h3-10H2,1-2H3. The number of alkyl halides is 1. The third-order valence-corrected chi connectivity index (χ3v) is 5.38. The number of nitrogens with zero attached hydrogens (tertiary/aromatic N) is 1. The van der Waals surface area contributed by atoms with Crippen molar-refractivity contribution in [1.82, 2.24) is 4.90 Å². The van der Waals surface area contributed by atoms with E-state index in [1.54, 1.807) is 0 Å². The van der Waals surface area contributed by atoms with Crippen molar-refractivity contribution >= 4 is 27.7 Å². The van der Waals surface area contributed by atoms with Crippen molar-refractivity contribution < 1.29 is 14.3 Å². The molecule has 0 unspecified atom stereocenters. The quantitative estimate of drug-likeness (QED) is 0.589. The summed E-state index contributed by atoms with van der Waals surface area (Å²) in [6, 6.07) is 0. The summed E-state index contributed by atoms with van der Waals surface area (Å²) in [5.74, 6) is -0.0406. The number of ether oxygens (including phenoxy) is 1. The monoisotopic (exact) mass is 331 g/mol. The minimum Gasteiger partial charge on any atom is -0.381 e. The highest BCUT2D eigenvalue weighted by Gasteiger charge is 2.42. The van der Waals surface area contributed by atoms with Crippen LogP contribution in [0.25, 0.3) is 0 Å². The third kappa shape index (κ3) is 3.37. The summed E-state index contributed by atoms with van der Waals surface area (Å²) in [6.45, 7) is 5.93. The number of carbonyl (C=O) groups is 2. The molecule has 2 saturated heterocycles. The summed E-state index contributed by atoms with van der Waals surface area (Å²) in [5.41, 5.74) is -0.201. The van der Waals surface area contributed by atoms with Gasteiger partial charge in [0.05, 0.1) is 0 Å². The van der Waals surface area contributed by atoms with Crippen LogP contribution < -0.4 is 0 Å². The van der Waals surface area contributed by atoms with E-state index in [-0.39, 0.29) is 22.6 Å². The molecular weight excluding hydrogens is 310 g/mol. The van der Waals surface area contributed by atoms with Crippen LogP contribution >= 0.6 is 15.9 Å². The largest absolute Gasteiger partial charge is 0.381 e. The minimum atomic E-state index is -0.193. The van der Waals surface area contributed by atoms with Gasteiger partial charge in [0.15, 0.2) is 0 Å². The highest BCUT2D eigenvalue weighted by molar-refractivity contribution is 9.09. The molecule has 0 aliphatic carbocycles. The SMILES string of the molecule is CC1(C)CC(=O)N(CC2(CBr)CCOCC2)C(=O)C1. The Morgan fingerprint density at radius 3 is 2.16 bits per heavy atom. The van der Waals surface area contributed by atoms with E-state index < -0.39 is 0 Å². The van der Waals surface area contributed by atoms with Gasteiger partial charge in [-0.25, -0.2) is 0 Å². The number of rotatable bonds is 3. The number of imide groups is 1. The molecule has 19 heavy (non-hydrogen) atoms. The normalized spacial score (nSPS) is 26.6. The van der Waals surface area contributed by atoms with E-state index >= 15 is 0 Å². The molecule has 5 heteroatoms. The van der Waals surface area contributed by atoms with E-state index in [0.29, 0.717) is 32.6 Å². The van der Waals surface area contributed by atoms with Gasteiger partial charge in [-0.2, -0.15) is 0 Å². The number of carbonyl (C=O) groups excluding carboxylic acids is 2. The number of piperidine rings is 1. The molecule has 2 aliphatic heterocycles. The second-order valence-corrected chi connectivity index (χ2v) is 7.20. The van der Waals surface area contributed by atoms with Crippen LogP contribution in [0.3, 0.4) is 0 Å². The maximum Gasteiger partial charge on any atom is 0.229 e. The van der Waals surface area contributed by atoms with Gasteiger partial charge in [0.25, 0.3) is 0 Å². The number of amides is 2. The van der Waals surface area contributed by atoms with E-state index in [9.17, 15) is 9.59 Å². The number of halogens is 1. The lowest BCUT2D eigenvalue weighted by Crippen LogP contribution is -2.52. The van der Waals surface area contributed by atoms with Crippen molar-refractivity contribution in [3.05, 3.63) is 0 Å². The lowest BCUT2D eigenvalue weighted by atomic mass is 9.78. The summed E-state index contributed by atoms with van der Waals surface area (Å²) in [4.78, 5) is 25.9. The van der Waals surface area contributed by atoms with Gasteiger partial charge in [0, 0.05) is 43.3 Å². The third-order valence-electron chi connectivity index (χ3n) is 4.19. The molecule has 0 spiro atoms. The Hall–Kier alpha value is -0.420. The second-order valence-electron chi connectivity index (χ2n) is 6.64. The van der Waals surface area contributed by atoms with Gasteiger partial charge in [0.2, 0.25) is 11.8 Å². The van der Waals surface area contributed by atoms with Crippen LogP contribution in [0.1, 0.15) is 39.5 Å². The Labute approximate surface area is 123 Å². The zero-order chi connectivity index (χ0) is 14.1. The van der Waals surface area contributed by atoms with Crippen molar-refractivity contribution in [3.8, 4) is 0 Å². The molecule has 2 heterocycles. The number of hydrogen-bond acceptors (Lipinski definition) is 3. The summed E-state index contributed by atoms with van der Waals surface area (Å²) in [5, 5.41) is 0.809. The molecule has 2 rings (SSSR count). The predicted molar refractivity (Wildman–Crippen MR) is 76.0 cm³/mol. The zero-order valence-corrected chi connectivity index (χ0v) is 13.3. The fourth-order valence-electron chi connectivity index (χ4n) is 2.86. The Bertz CT molecular complexity index is 355. The van der Waals surface area contributed by atoms with Crippen molar-refractivity contribution in [2.24, 2.45) is 10.8 Å². The highest BCUT2D eigenvalue weighted by atomic mass is 79.9. The fraction of sp³-hybridized carbons (Fsp3) is 0.857. The van der Waals surface area contributed by atoms with Gasteiger partial charge in [-0.3, -0.25) is 14.5 Å². The van der Waals surface area contributed by atoms with E-state index in [1.165, 1.54) is 4.90 Å². The number of hydrogen-bond donors (Lipinski definition) is 0. The molecule has 0 aromatic carbocycles. The summed E-state index contributed by atoms with van der Waals surface area (Å²) >= 11 is 3.55. The molecule has 2 aliphatic rings. The molecule has 0 aromatic heterocycles. The molecule has 0 bridgehead atoms. The van der Waals surface area contributed by atoms with E-state index in [0.717, 1.165) is 18.2 Å². The maximum atomic E-state index is 12.2. The van der Waals surface area contributed by atoms with Crippen LogP contribution in [0.5, 0.6) is 0 Å². The smallest absolute Gasteiger partial charge is 0.229 e. The molecule has 0 radical (unpaired) electrons. The Morgan fingerprint density at radius 2 is 1.68 bits per heavy atom. The average Bonchev–Trinajstić information content (AvgIpc) is 2.34. The summed E-state index contributed by atoms with van der Waals surface area (Å²) in [6.07, 6.45) is 2.73. The van der Waals surface area contributed by atoms with Gasteiger partial charge in [-0.1, -0.05) is 29.8 Å². The Kier molecular flexibility index (Phi) is 4.35. The van der Waals surface area contributed by atoms with Crippen molar-refractivity contribution in [2.75, 3.05) is 25.1 Å². The molecule has 0 atom stereocenters. The second kappa shape index (κ2) is 5.52. The van der Waals surface area contributed by atoms with Crippen molar-refractivity contribution in [1.29, 1.82) is 0 Å². The zero-order valence-electron chi connectivity index (χ0n) is 11.7. The first-order valence-electron chi connectivity index (χ1n) is 6.84.